The number of phenolic OH excluding ortho intramolecular Hbond substituents is 1. The number of hydrogen-bond donors (Lipinski definition) is 2. The number of fused-ring (bicyclic) bond motifs is 1. The molecule has 2 N–H and O–H groups in total. The van der Waals surface area contributed by atoms with Gasteiger partial charge >= 0.3 is 6.09 Å². The first-order chi connectivity index (χ1) is 15.8. The number of para-hydroxylation sites is 1. The number of aryl methyl sites for hydroxylation is 1. The van der Waals surface area contributed by atoms with Crippen molar-refractivity contribution in [3.8, 4) is 17.1 Å². The summed E-state index contributed by atoms with van der Waals surface area (Å²) in [7, 11) is 0. The van der Waals surface area contributed by atoms with Crippen molar-refractivity contribution < 1.29 is 15.0 Å². The van der Waals surface area contributed by atoms with Gasteiger partial charge in [0.15, 0.2) is 5.82 Å². The third kappa shape index (κ3) is 5.18. The molecule has 0 saturated carbocycles. The second-order valence-corrected chi connectivity index (χ2v) is 9.44. The summed E-state index contributed by atoms with van der Waals surface area (Å²) < 4.78 is 0. The van der Waals surface area contributed by atoms with E-state index in [1.807, 2.05) is 39.0 Å². The molecule has 2 heterocycles. The van der Waals surface area contributed by atoms with E-state index in [-0.39, 0.29) is 17.6 Å². The molecule has 33 heavy (non-hydrogen) atoms. The molecule has 0 aliphatic carbocycles. The molecule has 3 aromatic rings. The van der Waals surface area contributed by atoms with E-state index in [1.54, 1.807) is 17.0 Å². The first-order valence-electron chi connectivity index (χ1n) is 11.6. The molecule has 1 fully saturated rings. The molecule has 0 radical (unpaired) electrons. The van der Waals surface area contributed by atoms with Gasteiger partial charge in [-0.25, -0.2) is 14.8 Å². The minimum absolute atomic E-state index is 0.151. The molecule has 174 valence electrons. The molecular weight excluding hydrogens is 416 g/mol. The van der Waals surface area contributed by atoms with Crippen LogP contribution in [0.1, 0.15) is 32.3 Å². The molecule has 1 aliphatic heterocycles. The number of phenols is 1. The van der Waals surface area contributed by atoms with Gasteiger partial charge in [-0.15, -0.1) is 0 Å². The molecular formula is C26H32N4O3. The van der Waals surface area contributed by atoms with Crippen LogP contribution in [0.2, 0.25) is 0 Å². The Morgan fingerprint density at radius 2 is 2.00 bits per heavy atom. The van der Waals surface area contributed by atoms with Crippen molar-refractivity contribution in [1.82, 2.24) is 14.9 Å². The summed E-state index contributed by atoms with van der Waals surface area (Å²) in [5, 5.41) is 21.0. The Morgan fingerprint density at radius 1 is 1.21 bits per heavy atom. The van der Waals surface area contributed by atoms with Gasteiger partial charge in [0.1, 0.15) is 11.6 Å². The molecule has 7 nitrogen and oxygen atoms in total. The highest BCUT2D eigenvalue weighted by atomic mass is 16.4. The highest BCUT2D eigenvalue weighted by Crippen LogP contribution is 2.33. The molecule has 0 spiro atoms. The van der Waals surface area contributed by atoms with Crippen LogP contribution in [0.4, 0.5) is 10.6 Å². The second kappa shape index (κ2) is 9.65. The van der Waals surface area contributed by atoms with Crippen molar-refractivity contribution in [3.05, 3.63) is 48.0 Å². The summed E-state index contributed by atoms with van der Waals surface area (Å²) in [5.41, 5.74) is 2.55. The number of hydrogen-bond acceptors (Lipinski definition) is 5. The van der Waals surface area contributed by atoms with Crippen molar-refractivity contribution in [2.24, 2.45) is 11.8 Å². The molecule has 1 amide bonds. The van der Waals surface area contributed by atoms with Crippen LogP contribution in [0.5, 0.6) is 5.75 Å². The predicted molar refractivity (Wildman–Crippen MR) is 131 cm³/mol. The Labute approximate surface area is 194 Å². The number of anilines is 1. The average Bonchev–Trinajstić information content (AvgIpc) is 2.78. The highest BCUT2D eigenvalue weighted by Gasteiger charge is 2.27. The SMILES string of the molecule is Cc1ccc2c(N3CCC[C@H](CN(CC(C)C)C(=O)O)C3)nc(-c3ccccc3O)nc2c1. The molecule has 2 aromatic carbocycles. The quantitative estimate of drug-likeness (QED) is 0.541. The van der Waals surface area contributed by atoms with E-state index in [9.17, 15) is 15.0 Å². The lowest BCUT2D eigenvalue weighted by molar-refractivity contribution is 0.128. The normalized spacial score (nSPS) is 16.4. The van der Waals surface area contributed by atoms with Gasteiger partial charge in [-0.1, -0.05) is 32.0 Å². The van der Waals surface area contributed by atoms with E-state index < -0.39 is 6.09 Å². The number of amides is 1. The van der Waals surface area contributed by atoms with E-state index in [0.29, 0.717) is 24.5 Å². The monoisotopic (exact) mass is 448 g/mol. The van der Waals surface area contributed by atoms with E-state index in [0.717, 1.165) is 48.2 Å². The molecule has 1 saturated heterocycles. The van der Waals surface area contributed by atoms with Crippen molar-refractivity contribution in [2.75, 3.05) is 31.1 Å². The number of piperidine rings is 1. The van der Waals surface area contributed by atoms with Gasteiger partial charge in [0.2, 0.25) is 0 Å². The van der Waals surface area contributed by atoms with Crippen LogP contribution in [0, 0.1) is 18.8 Å². The number of nitrogens with zero attached hydrogens (tertiary/aromatic N) is 4. The zero-order chi connectivity index (χ0) is 23.5. The van der Waals surface area contributed by atoms with E-state index in [2.05, 4.69) is 17.0 Å². The summed E-state index contributed by atoms with van der Waals surface area (Å²) >= 11 is 0. The van der Waals surface area contributed by atoms with Gasteiger partial charge < -0.3 is 20.0 Å². The van der Waals surface area contributed by atoms with E-state index in [4.69, 9.17) is 9.97 Å². The smallest absolute Gasteiger partial charge is 0.407 e. The molecule has 4 rings (SSSR count). The molecule has 0 unspecified atom stereocenters. The summed E-state index contributed by atoms with van der Waals surface area (Å²) in [5.74, 6) is 2.01. The molecule has 7 heteroatoms. The van der Waals surface area contributed by atoms with E-state index in [1.165, 1.54) is 0 Å². The van der Waals surface area contributed by atoms with Crippen LogP contribution >= 0.6 is 0 Å². The largest absolute Gasteiger partial charge is 0.507 e. The van der Waals surface area contributed by atoms with Crippen molar-refractivity contribution in [1.29, 1.82) is 0 Å². The molecule has 1 aliphatic rings. The standard InChI is InChI=1S/C26H32N4O3/c1-17(2)14-30(26(32)33)16-19-7-6-12-29(15-19)25-20-11-10-18(3)13-22(20)27-24(28-25)21-8-4-5-9-23(21)31/h4-5,8-11,13,17,19,31H,6-7,12,14-16H2,1-3H3,(H,32,33)/t19-/m0/s1. The lowest BCUT2D eigenvalue weighted by Crippen LogP contribution is -2.44. The number of aromatic nitrogens is 2. The van der Waals surface area contributed by atoms with E-state index >= 15 is 0 Å². The van der Waals surface area contributed by atoms with Gasteiger partial charge in [-0.3, -0.25) is 0 Å². The maximum absolute atomic E-state index is 11.8. The maximum atomic E-state index is 11.8. The Kier molecular flexibility index (Phi) is 6.67. The predicted octanol–water partition coefficient (Wildman–Crippen LogP) is 5.16. The summed E-state index contributed by atoms with van der Waals surface area (Å²) in [4.78, 5) is 25.2. The van der Waals surface area contributed by atoms with Crippen molar-refractivity contribution >= 4 is 22.8 Å². The number of aromatic hydroxyl groups is 1. The van der Waals surface area contributed by atoms with Crippen LogP contribution in [0.25, 0.3) is 22.3 Å². The third-order valence-electron chi connectivity index (χ3n) is 6.13. The van der Waals surface area contributed by atoms with Crippen LogP contribution in [0.3, 0.4) is 0 Å². The Morgan fingerprint density at radius 3 is 2.73 bits per heavy atom. The zero-order valence-electron chi connectivity index (χ0n) is 19.5. The first kappa shape index (κ1) is 22.8. The number of rotatable bonds is 6. The first-order valence-corrected chi connectivity index (χ1v) is 11.6. The van der Waals surface area contributed by atoms with Gasteiger partial charge in [0.25, 0.3) is 0 Å². The van der Waals surface area contributed by atoms with Crippen LogP contribution in [-0.2, 0) is 0 Å². The zero-order valence-corrected chi connectivity index (χ0v) is 19.5. The van der Waals surface area contributed by atoms with Crippen molar-refractivity contribution in [3.63, 3.8) is 0 Å². The second-order valence-electron chi connectivity index (χ2n) is 9.44. The molecule has 1 atom stereocenters. The fourth-order valence-electron chi connectivity index (χ4n) is 4.64. The number of carbonyl (C=O) groups is 1. The van der Waals surface area contributed by atoms with Crippen LogP contribution < -0.4 is 4.90 Å². The Hall–Kier alpha value is -3.35. The summed E-state index contributed by atoms with van der Waals surface area (Å²) in [6.07, 6.45) is 1.11. The topological polar surface area (TPSA) is 89.8 Å². The Bertz CT molecular complexity index is 1150. The van der Waals surface area contributed by atoms with Gasteiger partial charge in [-0.2, -0.15) is 0 Å². The lowest BCUT2D eigenvalue weighted by atomic mass is 9.96. The van der Waals surface area contributed by atoms with Gasteiger partial charge in [0, 0.05) is 31.6 Å². The summed E-state index contributed by atoms with van der Waals surface area (Å²) in [6, 6.07) is 13.3. The fraction of sp³-hybridized carbons (Fsp3) is 0.423. The lowest BCUT2D eigenvalue weighted by Gasteiger charge is -2.36. The average molecular weight is 449 g/mol. The van der Waals surface area contributed by atoms with Crippen LogP contribution in [-0.4, -0.2) is 57.4 Å². The maximum Gasteiger partial charge on any atom is 0.407 e. The molecule has 1 aromatic heterocycles. The minimum atomic E-state index is -0.856. The van der Waals surface area contributed by atoms with Crippen LogP contribution in [0.15, 0.2) is 42.5 Å². The van der Waals surface area contributed by atoms with Crippen molar-refractivity contribution in [2.45, 2.75) is 33.6 Å². The fourth-order valence-corrected chi connectivity index (χ4v) is 4.64. The summed E-state index contributed by atoms with van der Waals surface area (Å²) in [6.45, 7) is 8.78. The van der Waals surface area contributed by atoms with Gasteiger partial charge in [-0.05, 0) is 61.4 Å². The third-order valence-corrected chi connectivity index (χ3v) is 6.13. The number of benzene rings is 2. The minimum Gasteiger partial charge on any atom is -0.507 e. The highest BCUT2D eigenvalue weighted by molar-refractivity contribution is 5.92. The Balaban J connectivity index is 1.69. The molecule has 0 bridgehead atoms. The number of carboxylic acid groups (broad SMARTS) is 1. The van der Waals surface area contributed by atoms with Gasteiger partial charge in [0.05, 0.1) is 11.1 Å².